The van der Waals surface area contributed by atoms with Gasteiger partial charge in [-0.2, -0.15) is 0 Å². The van der Waals surface area contributed by atoms with Crippen molar-refractivity contribution in [1.29, 1.82) is 0 Å². The highest BCUT2D eigenvalue weighted by molar-refractivity contribution is 6.12. The van der Waals surface area contributed by atoms with E-state index in [0.717, 1.165) is 5.56 Å². The minimum absolute atomic E-state index is 0.140. The Hall–Kier alpha value is -2.76. The number of carbonyl (C=O) groups excluding carboxylic acids is 1. The van der Waals surface area contributed by atoms with E-state index >= 15 is 0 Å². The molecule has 0 aliphatic rings. The van der Waals surface area contributed by atoms with Crippen molar-refractivity contribution in [2.24, 2.45) is 0 Å². The first-order chi connectivity index (χ1) is 10.5. The molecule has 0 radical (unpaired) electrons. The van der Waals surface area contributed by atoms with Crippen molar-refractivity contribution in [2.75, 3.05) is 5.32 Å². The fourth-order valence-electron chi connectivity index (χ4n) is 2.32. The van der Waals surface area contributed by atoms with Gasteiger partial charge in [0.2, 0.25) is 0 Å². The zero-order valence-electron chi connectivity index (χ0n) is 12.4. The lowest BCUT2D eigenvalue weighted by atomic mass is 10.1. The topological polar surface area (TPSA) is 68.0 Å². The number of pyridine rings is 1. The number of halogens is 1. The number of aryl methyl sites for hydroxylation is 3. The molecule has 6 heteroatoms. The summed E-state index contributed by atoms with van der Waals surface area (Å²) in [5, 5.41) is 6.96. The Balaban J connectivity index is 2.05. The van der Waals surface area contributed by atoms with Gasteiger partial charge in [-0.3, -0.25) is 4.79 Å². The number of anilines is 1. The van der Waals surface area contributed by atoms with Crippen molar-refractivity contribution in [3.8, 4) is 0 Å². The Morgan fingerprint density at radius 1 is 1.23 bits per heavy atom. The second-order valence-corrected chi connectivity index (χ2v) is 5.20. The van der Waals surface area contributed by atoms with E-state index in [2.05, 4.69) is 15.5 Å². The third kappa shape index (κ3) is 2.43. The Bertz CT molecular complexity index is 886. The smallest absolute Gasteiger partial charge is 0.258 e. The summed E-state index contributed by atoms with van der Waals surface area (Å²) in [6.45, 7) is 5.31. The van der Waals surface area contributed by atoms with Crippen LogP contribution in [-0.2, 0) is 0 Å². The minimum Gasteiger partial charge on any atom is -0.336 e. The van der Waals surface area contributed by atoms with E-state index in [1.165, 1.54) is 6.07 Å². The molecule has 2 aromatic heterocycles. The van der Waals surface area contributed by atoms with Crippen LogP contribution < -0.4 is 5.32 Å². The summed E-state index contributed by atoms with van der Waals surface area (Å²) in [5.41, 5.74) is 2.85. The first kappa shape index (κ1) is 14.2. The van der Waals surface area contributed by atoms with Gasteiger partial charge in [0.05, 0.1) is 22.3 Å². The van der Waals surface area contributed by atoms with Gasteiger partial charge in [-0.05, 0) is 44.5 Å². The summed E-state index contributed by atoms with van der Waals surface area (Å²) in [5.74, 6) is -0.908. The maximum atomic E-state index is 13.8. The van der Waals surface area contributed by atoms with E-state index in [-0.39, 0.29) is 5.69 Å². The van der Waals surface area contributed by atoms with Gasteiger partial charge in [0.25, 0.3) is 11.6 Å². The minimum atomic E-state index is -0.483. The zero-order valence-corrected chi connectivity index (χ0v) is 12.4. The number of nitrogens with zero attached hydrogens (tertiary/aromatic N) is 2. The Kier molecular flexibility index (Phi) is 3.36. The Morgan fingerprint density at radius 3 is 2.77 bits per heavy atom. The summed E-state index contributed by atoms with van der Waals surface area (Å²) in [6, 6.07) is 6.18. The molecule has 0 unspecified atom stereocenters. The quantitative estimate of drug-likeness (QED) is 0.786. The van der Waals surface area contributed by atoms with E-state index in [1.54, 1.807) is 32.0 Å². The second-order valence-electron chi connectivity index (χ2n) is 5.20. The number of rotatable bonds is 2. The van der Waals surface area contributed by atoms with Gasteiger partial charge in [0, 0.05) is 5.69 Å². The van der Waals surface area contributed by atoms with Gasteiger partial charge in [-0.25, -0.2) is 9.37 Å². The van der Waals surface area contributed by atoms with Crippen LogP contribution in [0.15, 0.2) is 28.8 Å². The maximum Gasteiger partial charge on any atom is 0.258 e. The standard InChI is InChI=1S/C16H14FN3O2/c1-8-4-5-12(17)13(6-8)19-15(21)11-7-9(2)18-16-14(11)10(3)20-22-16/h4-7H,1-3H3,(H,19,21). The van der Waals surface area contributed by atoms with Crippen molar-refractivity contribution in [3.05, 3.63) is 52.6 Å². The van der Waals surface area contributed by atoms with Crippen molar-refractivity contribution in [3.63, 3.8) is 0 Å². The van der Waals surface area contributed by atoms with Crippen LogP contribution >= 0.6 is 0 Å². The monoisotopic (exact) mass is 299 g/mol. The van der Waals surface area contributed by atoms with Crippen LogP contribution in [0.1, 0.15) is 27.3 Å². The number of hydrogen-bond acceptors (Lipinski definition) is 4. The first-order valence-corrected chi connectivity index (χ1v) is 6.77. The number of hydrogen-bond donors (Lipinski definition) is 1. The summed E-state index contributed by atoms with van der Waals surface area (Å²) < 4.78 is 18.9. The lowest BCUT2D eigenvalue weighted by molar-refractivity contribution is 0.102. The average molecular weight is 299 g/mol. The molecular formula is C16H14FN3O2. The van der Waals surface area contributed by atoms with Crippen molar-refractivity contribution >= 4 is 22.7 Å². The molecular weight excluding hydrogens is 285 g/mol. The third-order valence-corrected chi connectivity index (χ3v) is 3.36. The lowest BCUT2D eigenvalue weighted by Gasteiger charge is -2.08. The van der Waals surface area contributed by atoms with E-state index < -0.39 is 11.7 Å². The number of carbonyl (C=O) groups is 1. The Labute approximate surface area is 126 Å². The molecule has 0 spiro atoms. The third-order valence-electron chi connectivity index (χ3n) is 3.36. The molecule has 1 aromatic carbocycles. The number of nitrogens with one attached hydrogen (secondary N) is 1. The van der Waals surface area contributed by atoms with Crippen LogP contribution in [0.2, 0.25) is 0 Å². The van der Waals surface area contributed by atoms with Gasteiger partial charge in [-0.1, -0.05) is 11.2 Å². The molecule has 0 saturated carbocycles. The molecule has 0 bridgehead atoms. The molecule has 0 atom stereocenters. The van der Waals surface area contributed by atoms with Gasteiger partial charge in [-0.15, -0.1) is 0 Å². The van der Waals surface area contributed by atoms with Crippen molar-refractivity contribution < 1.29 is 13.7 Å². The van der Waals surface area contributed by atoms with Gasteiger partial charge in [0.1, 0.15) is 5.82 Å². The van der Waals surface area contributed by atoms with Crippen LogP contribution in [0.5, 0.6) is 0 Å². The van der Waals surface area contributed by atoms with Crippen molar-refractivity contribution in [1.82, 2.24) is 10.1 Å². The molecule has 2 heterocycles. The van der Waals surface area contributed by atoms with Crippen LogP contribution in [0.25, 0.3) is 11.1 Å². The van der Waals surface area contributed by atoms with Gasteiger partial charge < -0.3 is 9.84 Å². The lowest BCUT2D eigenvalue weighted by Crippen LogP contribution is -2.14. The number of benzene rings is 1. The molecule has 1 amide bonds. The molecule has 0 fully saturated rings. The second kappa shape index (κ2) is 5.22. The van der Waals surface area contributed by atoms with E-state index in [1.807, 2.05) is 6.92 Å². The maximum absolute atomic E-state index is 13.8. The largest absolute Gasteiger partial charge is 0.336 e. The molecule has 112 valence electrons. The number of aromatic nitrogens is 2. The predicted molar refractivity (Wildman–Crippen MR) is 80.4 cm³/mol. The molecule has 22 heavy (non-hydrogen) atoms. The number of amides is 1. The fraction of sp³-hybridized carbons (Fsp3) is 0.188. The SMILES string of the molecule is Cc1ccc(F)c(NC(=O)c2cc(C)nc3onc(C)c23)c1. The van der Waals surface area contributed by atoms with E-state index in [0.29, 0.717) is 28.1 Å². The average Bonchev–Trinajstić information content (AvgIpc) is 2.83. The molecule has 5 nitrogen and oxygen atoms in total. The first-order valence-electron chi connectivity index (χ1n) is 6.77. The number of fused-ring (bicyclic) bond motifs is 1. The van der Waals surface area contributed by atoms with Crippen LogP contribution in [0.4, 0.5) is 10.1 Å². The summed E-state index contributed by atoms with van der Waals surface area (Å²) >= 11 is 0. The summed E-state index contributed by atoms with van der Waals surface area (Å²) in [7, 11) is 0. The fourth-order valence-corrected chi connectivity index (χ4v) is 2.32. The van der Waals surface area contributed by atoms with Gasteiger partial charge in [0.15, 0.2) is 0 Å². The zero-order chi connectivity index (χ0) is 15.9. The normalized spacial score (nSPS) is 10.9. The van der Waals surface area contributed by atoms with Crippen molar-refractivity contribution in [2.45, 2.75) is 20.8 Å². The van der Waals surface area contributed by atoms with Crippen LogP contribution in [-0.4, -0.2) is 16.0 Å². The molecule has 0 saturated heterocycles. The summed E-state index contributed by atoms with van der Waals surface area (Å²) in [6.07, 6.45) is 0. The van der Waals surface area contributed by atoms with E-state index in [4.69, 9.17) is 4.52 Å². The van der Waals surface area contributed by atoms with Gasteiger partial charge >= 0.3 is 0 Å². The highest BCUT2D eigenvalue weighted by atomic mass is 19.1. The highest BCUT2D eigenvalue weighted by Gasteiger charge is 2.18. The predicted octanol–water partition coefficient (Wildman–Crippen LogP) is 3.54. The van der Waals surface area contributed by atoms with Crippen LogP contribution in [0.3, 0.4) is 0 Å². The molecule has 0 aliphatic heterocycles. The van der Waals surface area contributed by atoms with E-state index in [9.17, 15) is 9.18 Å². The molecule has 3 rings (SSSR count). The molecule has 0 aliphatic carbocycles. The Morgan fingerprint density at radius 2 is 2.00 bits per heavy atom. The summed E-state index contributed by atoms with van der Waals surface area (Å²) in [4.78, 5) is 16.7. The molecule has 1 N–H and O–H groups in total. The van der Waals surface area contributed by atoms with Crippen LogP contribution in [0, 0.1) is 26.6 Å². The highest BCUT2D eigenvalue weighted by Crippen LogP contribution is 2.24. The molecule has 3 aromatic rings.